The van der Waals surface area contributed by atoms with Gasteiger partial charge in [0.25, 0.3) is 0 Å². The fourth-order valence-corrected chi connectivity index (χ4v) is 5.38. The van der Waals surface area contributed by atoms with Crippen LogP contribution in [-0.2, 0) is 5.41 Å². The predicted molar refractivity (Wildman–Crippen MR) is 71.5 cm³/mol. The molecule has 4 fully saturated rings. The van der Waals surface area contributed by atoms with Crippen LogP contribution in [0, 0.1) is 17.8 Å². The van der Waals surface area contributed by atoms with Crippen LogP contribution in [0.15, 0.2) is 12.5 Å². The number of nitrogens with zero attached hydrogens (tertiary/aromatic N) is 3. The topological polar surface area (TPSA) is 54.5 Å². The molecule has 4 saturated carbocycles. The summed E-state index contributed by atoms with van der Waals surface area (Å²) in [7, 11) is 0. The fourth-order valence-electron chi connectivity index (χ4n) is 5.38. The minimum Gasteiger partial charge on any atom is -0.342 e. The van der Waals surface area contributed by atoms with Crippen LogP contribution in [0.25, 0.3) is 11.2 Å². The second-order valence-corrected chi connectivity index (χ2v) is 7.03. The number of hydrogen-bond acceptors (Lipinski definition) is 3. The van der Waals surface area contributed by atoms with Crippen LogP contribution in [0.3, 0.4) is 0 Å². The molecule has 1 N–H and O–H groups in total. The highest BCUT2D eigenvalue weighted by Gasteiger charge is 2.53. The molecule has 0 amide bonds. The maximum Gasteiger partial charge on any atom is 0.180 e. The maximum atomic E-state index is 4.77. The number of imidazole rings is 1. The number of fused-ring (bicyclic) bond motifs is 1. The van der Waals surface area contributed by atoms with Crippen molar-refractivity contribution in [1.82, 2.24) is 19.9 Å². The summed E-state index contributed by atoms with van der Waals surface area (Å²) in [6.45, 7) is 0. The van der Waals surface area contributed by atoms with Crippen molar-refractivity contribution in [2.24, 2.45) is 17.8 Å². The monoisotopic (exact) mass is 254 g/mol. The first kappa shape index (κ1) is 10.4. The molecule has 0 unspecified atom stereocenters. The zero-order valence-electron chi connectivity index (χ0n) is 11.0. The lowest BCUT2D eigenvalue weighted by molar-refractivity contribution is -0.00925. The molecule has 0 spiro atoms. The Bertz CT molecular complexity index is 609. The van der Waals surface area contributed by atoms with Crippen LogP contribution in [-0.4, -0.2) is 19.9 Å². The molecule has 6 rings (SSSR count). The molecule has 98 valence electrons. The Morgan fingerprint density at radius 3 is 2.37 bits per heavy atom. The molecule has 0 saturated heterocycles. The highest BCUT2D eigenvalue weighted by atomic mass is 15.0. The molecule has 4 heteroatoms. The van der Waals surface area contributed by atoms with Crippen LogP contribution in [0.4, 0.5) is 0 Å². The Kier molecular flexibility index (Phi) is 1.83. The lowest BCUT2D eigenvalue weighted by atomic mass is 9.49. The lowest BCUT2D eigenvalue weighted by Gasteiger charge is -2.55. The third-order valence-corrected chi connectivity index (χ3v) is 5.69. The van der Waals surface area contributed by atoms with E-state index in [1.54, 1.807) is 6.33 Å². The standard InChI is InChI=1S/C15H18N4/c1-9-2-11-3-10(1)5-15(4-9,6-11)14-16-7-12-13(19-14)18-8-17-12/h7-11H,1-6H2,(H,16,17,18,19). The van der Waals surface area contributed by atoms with Crippen molar-refractivity contribution in [1.29, 1.82) is 0 Å². The van der Waals surface area contributed by atoms with Crippen molar-refractivity contribution in [3.8, 4) is 0 Å². The van der Waals surface area contributed by atoms with Crippen molar-refractivity contribution in [2.75, 3.05) is 0 Å². The maximum absolute atomic E-state index is 4.77. The molecule has 0 aliphatic heterocycles. The number of aromatic amines is 1. The van der Waals surface area contributed by atoms with Gasteiger partial charge in [-0.1, -0.05) is 0 Å². The van der Waals surface area contributed by atoms with Gasteiger partial charge in [0.15, 0.2) is 5.65 Å². The molecule has 0 aromatic carbocycles. The van der Waals surface area contributed by atoms with E-state index in [0.717, 1.165) is 34.7 Å². The highest BCUT2D eigenvalue weighted by molar-refractivity contribution is 5.68. The Balaban J connectivity index is 1.64. The van der Waals surface area contributed by atoms with E-state index < -0.39 is 0 Å². The first-order chi connectivity index (χ1) is 9.31. The van der Waals surface area contributed by atoms with E-state index in [9.17, 15) is 0 Å². The number of nitrogens with one attached hydrogen (secondary N) is 1. The zero-order chi connectivity index (χ0) is 12.4. The quantitative estimate of drug-likeness (QED) is 0.851. The molecule has 4 nitrogen and oxygen atoms in total. The normalized spacial score (nSPS) is 40.1. The van der Waals surface area contributed by atoms with Gasteiger partial charge in [0.1, 0.15) is 11.3 Å². The number of hydrogen-bond donors (Lipinski definition) is 1. The molecular weight excluding hydrogens is 236 g/mol. The van der Waals surface area contributed by atoms with Crippen LogP contribution in [0.5, 0.6) is 0 Å². The molecule has 4 bridgehead atoms. The third kappa shape index (κ3) is 1.37. The minimum atomic E-state index is 0.280. The Morgan fingerprint density at radius 2 is 1.68 bits per heavy atom. The zero-order valence-corrected chi connectivity index (χ0v) is 11.0. The van der Waals surface area contributed by atoms with Crippen LogP contribution < -0.4 is 0 Å². The van der Waals surface area contributed by atoms with Crippen molar-refractivity contribution < 1.29 is 0 Å². The van der Waals surface area contributed by atoms with Gasteiger partial charge < -0.3 is 4.98 Å². The van der Waals surface area contributed by atoms with E-state index in [0.29, 0.717) is 0 Å². The van der Waals surface area contributed by atoms with Gasteiger partial charge in [-0.25, -0.2) is 15.0 Å². The summed E-state index contributed by atoms with van der Waals surface area (Å²) in [6.07, 6.45) is 12.0. The first-order valence-electron chi connectivity index (χ1n) is 7.47. The summed E-state index contributed by atoms with van der Waals surface area (Å²) in [5.74, 6) is 3.88. The number of H-pyrrole nitrogens is 1. The summed E-state index contributed by atoms with van der Waals surface area (Å²) in [6, 6.07) is 0. The molecule has 4 aliphatic carbocycles. The van der Waals surface area contributed by atoms with Gasteiger partial charge in [0.05, 0.1) is 12.5 Å². The van der Waals surface area contributed by atoms with Gasteiger partial charge in [-0.2, -0.15) is 0 Å². The smallest absolute Gasteiger partial charge is 0.180 e. The summed E-state index contributed by atoms with van der Waals surface area (Å²) in [5.41, 5.74) is 2.07. The Labute approximate surface area is 112 Å². The molecule has 19 heavy (non-hydrogen) atoms. The van der Waals surface area contributed by atoms with E-state index >= 15 is 0 Å². The third-order valence-electron chi connectivity index (χ3n) is 5.69. The Morgan fingerprint density at radius 1 is 1.00 bits per heavy atom. The van der Waals surface area contributed by atoms with Crippen LogP contribution >= 0.6 is 0 Å². The van der Waals surface area contributed by atoms with Crippen molar-refractivity contribution in [3.63, 3.8) is 0 Å². The van der Waals surface area contributed by atoms with E-state index in [-0.39, 0.29) is 5.41 Å². The molecule has 2 aromatic heterocycles. The summed E-state index contributed by atoms with van der Waals surface area (Å²) >= 11 is 0. The molecule has 4 aliphatic rings. The van der Waals surface area contributed by atoms with Crippen LogP contribution in [0.1, 0.15) is 44.3 Å². The first-order valence-corrected chi connectivity index (χ1v) is 7.47. The van der Waals surface area contributed by atoms with Gasteiger partial charge in [0.2, 0.25) is 0 Å². The summed E-state index contributed by atoms with van der Waals surface area (Å²) in [4.78, 5) is 16.8. The lowest BCUT2D eigenvalue weighted by Crippen LogP contribution is -2.49. The van der Waals surface area contributed by atoms with Crippen molar-refractivity contribution in [3.05, 3.63) is 18.3 Å². The van der Waals surface area contributed by atoms with E-state index in [4.69, 9.17) is 4.98 Å². The van der Waals surface area contributed by atoms with E-state index in [1.165, 1.54) is 38.5 Å². The van der Waals surface area contributed by atoms with Crippen molar-refractivity contribution >= 4 is 11.2 Å². The molecule has 0 atom stereocenters. The van der Waals surface area contributed by atoms with Crippen LogP contribution in [0.2, 0.25) is 0 Å². The summed E-state index contributed by atoms with van der Waals surface area (Å²) in [5, 5.41) is 0. The minimum absolute atomic E-state index is 0.280. The SMILES string of the molecule is c1nc2nc(C34CC5CC(CC(C5)C3)C4)ncc2[nH]1. The second-order valence-electron chi connectivity index (χ2n) is 7.03. The van der Waals surface area contributed by atoms with E-state index in [1.807, 2.05) is 6.20 Å². The molecule has 2 heterocycles. The number of aromatic nitrogens is 4. The van der Waals surface area contributed by atoms with Crippen molar-refractivity contribution in [2.45, 2.75) is 43.9 Å². The van der Waals surface area contributed by atoms with Gasteiger partial charge in [-0.05, 0) is 56.3 Å². The molecule has 0 radical (unpaired) electrons. The van der Waals surface area contributed by atoms with Gasteiger partial charge >= 0.3 is 0 Å². The van der Waals surface area contributed by atoms with E-state index in [2.05, 4.69) is 15.0 Å². The highest BCUT2D eigenvalue weighted by Crippen LogP contribution is 2.60. The summed E-state index contributed by atoms with van der Waals surface area (Å²) < 4.78 is 0. The molecular formula is C15H18N4. The second kappa shape index (κ2) is 3.35. The number of rotatable bonds is 1. The van der Waals surface area contributed by atoms with Gasteiger partial charge in [-0.15, -0.1) is 0 Å². The fraction of sp³-hybridized carbons (Fsp3) is 0.667. The average Bonchev–Trinajstić information content (AvgIpc) is 2.84. The predicted octanol–water partition coefficient (Wildman–Crippen LogP) is 2.82. The Hall–Kier alpha value is -1.45. The van der Waals surface area contributed by atoms with Gasteiger partial charge in [-0.3, -0.25) is 0 Å². The largest absolute Gasteiger partial charge is 0.342 e. The van der Waals surface area contributed by atoms with Gasteiger partial charge in [0, 0.05) is 5.41 Å². The average molecular weight is 254 g/mol. The molecule has 2 aromatic rings.